The first-order valence-corrected chi connectivity index (χ1v) is 1.89. The van der Waals surface area contributed by atoms with Gasteiger partial charge in [-0.05, 0) is 13.8 Å². The van der Waals surface area contributed by atoms with Crippen LogP contribution in [0.1, 0.15) is 13.8 Å². The van der Waals surface area contributed by atoms with E-state index in [1.54, 1.807) is 0 Å². The lowest BCUT2D eigenvalue weighted by Crippen LogP contribution is -1.83. The molecule has 0 atom stereocenters. The zero-order valence-corrected chi connectivity index (χ0v) is 5.25. The number of hydrogen-bond acceptors (Lipinski definition) is 2. The molecule has 0 amide bonds. The molecule has 0 saturated carbocycles. The van der Waals surface area contributed by atoms with Gasteiger partial charge in [0.15, 0.2) is 0 Å². The molecule has 2 nitrogen and oxygen atoms in total. The quantitative estimate of drug-likeness (QED) is 0.510. The largest absolute Gasteiger partial charge is 0.242 e. The molecular weight excluding hydrogens is 112 g/mol. The molecule has 0 aromatic rings. The maximum Gasteiger partial charge on any atom is 0.0864 e. The molecule has 0 aliphatic rings. The standard InChI is InChI=1S/C4H8N2.ClH/c1-4(2)6-3-5;/h4-5H,1-2H3;1H. The second-order valence-electron chi connectivity index (χ2n) is 1.33. The Hall–Kier alpha value is -0.330. The minimum atomic E-state index is 0. The van der Waals surface area contributed by atoms with Gasteiger partial charge in [0, 0.05) is 0 Å². The molecule has 0 heterocycles. The van der Waals surface area contributed by atoms with Crippen molar-refractivity contribution < 1.29 is 0 Å². The van der Waals surface area contributed by atoms with Crippen molar-refractivity contribution in [3.63, 3.8) is 0 Å². The lowest BCUT2D eigenvalue weighted by Gasteiger charge is -1.83. The van der Waals surface area contributed by atoms with Gasteiger partial charge in [-0.3, -0.25) is 0 Å². The van der Waals surface area contributed by atoms with Crippen molar-refractivity contribution in [2.24, 2.45) is 4.99 Å². The molecule has 0 aromatic carbocycles. The summed E-state index contributed by atoms with van der Waals surface area (Å²) in [6.07, 6.45) is 0. The molecule has 0 spiro atoms. The highest BCUT2D eigenvalue weighted by Crippen LogP contribution is 1.78. The minimum Gasteiger partial charge on any atom is -0.242 e. The molecule has 0 fully saturated rings. The fourth-order valence-corrected chi connectivity index (χ4v) is 0.129. The van der Waals surface area contributed by atoms with Gasteiger partial charge in [-0.2, -0.15) is 0 Å². The molecule has 0 aliphatic heterocycles. The van der Waals surface area contributed by atoms with E-state index in [9.17, 15) is 0 Å². The highest BCUT2D eigenvalue weighted by atomic mass is 35.5. The molecule has 0 radical (unpaired) electrons. The molecule has 3 heteroatoms. The van der Waals surface area contributed by atoms with Crippen LogP contribution < -0.4 is 0 Å². The van der Waals surface area contributed by atoms with Crippen LogP contribution in [0.5, 0.6) is 0 Å². The molecule has 1 N–H and O–H groups in total. The van der Waals surface area contributed by atoms with Gasteiger partial charge in [0.2, 0.25) is 0 Å². The third-order valence-electron chi connectivity index (χ3n) is 0.323. The molecular formula is C4H9ClN2. The second kappa shape index (κ2) is 5.67. The van der Waals surface area contributed by atoms with Gasteiger partial charge >= 0.3 is 0 Å². The molecule has 0 aromatic heterocycles. The van der Waals surface area contributed by atoms with Gasteiger partial charge in [0.1, 0.15) is 0 Å². The highest BCUT2D eigenvalue weighted by Gasteiger charge is 1.77. The van der Waals surface area contributed by atoms with E-state index >= 15 is 0 Å². The highest BCUT2D eigenvalue weighted by molar-refractivity contribution is 5.85. The van der Waals surface area contributed by atoms with Crippen molar-refractivity contribution in [1.82, 2.24) is 0 Å². The van der Waals surface area contributed by atoms with E-state index in [2.05, 4.69) is 4.99 Å². The van der Waals surface area contributed by atoms with Crippen LogP contribution in [0.25, 0.3) is 0 Å². The zero-order valence-electron chi connectivity index (χ0n) is 4.43. The summed E-state index contributed by atoms with van der Waals surface area (Å²) >= 11 is 0. The third kappa shape index (κ3) is 10.7. The summed E-state index contributed by atoms with van der Waals surface area (Å²) in [5.74, 6) is 0. The van der Waals surface area contributed by atoms with Crippen LogP contribution in [0, 0.1) is 5.41 Å². The Morgan fingerprint density at radius 2 is 2.00 bits per heavy atom. The monoisotopic (exact) mass is 120 g/mol. The molecule has 0 saturated heterocycles. The van der Waals surface area contributed by atoms with E-state index in [1.165, 1.54) is 0 Å². The van der Waals surface area contributed by atoms with Crippen LogP contribution >= 0.6 is 12.4 Å². The van der Waals surface area contributed by atoms with Crippen LogP contribution in [0.2, 0.25) is 0 Å². The van der Waals surface area contributed by atoms with Crippen molar-refractivity contribution >= 4 is 18.4 Å². The number of aliphatic imine (C=N–C) groups is 1. The van der Waals surface area contributed by atoms with E-state index in [0.29, 0.717) is 0 Å². The maximum atomic E-state index is 6.32. The predicted molar refractivity (Wildman–Crippen MR) is 32.5 cm³/mol. The van der Waals surface area contributed by atoms with E-state index < -0.39 is 0 Å². The lowest BCUT2D eigenvalue weighted by atomic mass is 10.4. The first-order chi connectivity index (χ1) is 2.77. The summed E-state index contributed by atoms with van der Waals surface area (Å²) in [6.45, 7) is 3.81. The Morgan fingerprint density at radius 1 is 1.57 bits per heavy atom. The van der Waals surface area contributed by atoms with Crippen molar-refractivity contribution in [2.75, 3.05) is 0 Å². The van der Waals surface area contributed by atoms with E-state index in [1.807, 2.05) is 19.9 Å². The van der Waals surface area contributed by atoms with Crippen LogP contribution in [0.4, 0.5) is 0 Å². The molecule has 0 rings (SSSR count). The average molecular weight is 121 g/mol. The summed E-state index contributed by atoms with van der Waals surface area (Å²) in [6, 6.07) is 2.17. The predicted octanol–water partition coefficient (Wildman–Crippen LogP) is 1.57. The fraction of sp³-hybridized carbons (Fsp3) is 0.750. The SMILES string of the molecule is CC(C)N=C=N.Cl. The summed E-state index contributed by atoms with van der Waals surface area (Å²) in [5, 5.41) is 6.32. The Labute approximate surface area is 49.6 Å². The van der Waals surface area contributed by atoms with Crippen molar-refractivity contribution in [3.05, 3.63) is 0 Å². The Morgan fingerprint density at radius 3 is 2.00 bits per heavy atom. The summed E-state index contributed by atoms with van der Waals surface area (Å²) in [4.78, 5) is 3.54. The number of nitrogens with one attached hydrogen (secondary N) is 1. The van der Waals surface area contributed by atoms with Gasteiger partial charge in [0.05, 0.1) is 12.1 Å². The van der Waals surface area contributed by atoms with Crippen molar-refractivity contribution in [1.29, 1.82) is 5.41 Å². The molecule has 0 bridgehead atoms. The Balaban J connectivity index is 0. The number of nitrogens with zero attached hydrogens (tertiary/aromatic N) is 1. The third-order valence-corrected chi connectivity index (χ3v) is 0.323. The summed E-state index contributed by atoms with van der Waals surface area (Å²) in [7, 11) is 0. The zero-order chi connectivity index (χ0) is 4.99. The van der Waals surface area contributed by atoms with E-state index in [4.69, 9.17) is 5.41 Å². The van der Waals surface area contributed by atoms with Gasteiger partial charge < -0.3 is 0 Å². The molecule has 42 valence electrons. The average Bonchev–Trinajstić information content (AvgIpc) is 1.35. The first kappa shape index (κ1) is 9.83. The number of rotatable bonds is 1. The van der Waals surface area contributed by atoms with Crippen LogP contribution in [0.3, 0.4) is 0 Å². The van der Waals surface area contributed by atoms with Crippen molar-refractivity contribution in [2.45, 2.75) is 19.9 Å². The van der Waals surface area contributed by atoms with Crippen LogP contribution in [-0.4, -0.2) is 12.1 Å². The molecule has 0 aliphatic carbocycles. The number of hydrogen-bond donors (Lipinski definition) is 1. The topological polar surface area (TPSA) is 36.2 Å². The Bertz CT molecular complexity index is 73.8. The fourth-order valence-electron chi connectivity index (χ4n) is 0.129. The minimum absolute atomic E-state index is 0. The second-order valence-corrected chi connectivity index (χ2v) is 1.33. The van der Waals surface area contributed by atoms with Gasteiger partial charge in [0.25, 0.3) is 0 Å². The number of halogens is 1. The summed E-state index contributed by atoms with van der Waals surface area (Å²) in [5.41, 5.74) is 0. The normalized spacial score (nSPS) is 6.71. The van der Waals surface area contributed by atoms with Crippen LogP contribution in [0.15, 0.2) is 4.99 Å². The van der Waals surface area contributed by atoms with Crippen molar-refractivity contribution in [3.8, 4) is 0 Å². The Kier molecular flexibility index (Phi) is 7.96. The lowest BCUT2D eigenvalue weighted by molar-refractivity contribution is 0.841. The molecule has 0 unspecified atom stereocenters. The molecule has 7 heavy (non-hydrogen) atoms. The van der Waals surface area contributed by atoms with Gasteiger partial charge in [-0.1, -0.05) is 0 Å². The smallest absolute Gasteiger partial charge is 0.0864 e. The summed E-state index contributed by atoms with van der Waals surface area (Å²) < 4.78 is 0. The maximum absolute atomic E-state index is 6.32. The van der Waals surface area contributed by atoms with Crippen LogP contribution in [-0.2, 0) is 0 Å². The van der Waals surface area contributed by atoms with Gasteiger partial charge in [-0.15, -0.1) is 12.4 Å². The first-order valence-electron chi connectivity index (χ1n) is 1.89. The van der Waals surface area contributed by atoms with E-state index in [-0.39, 0.29) is 18.4 Å². The van der Waals surface area contributed by atoms with E-state index in [0.717, 1.165) is 0 Å². The van der Waals surface area contributed by atoms with Gasteiger partial charge in [-0.25, -0.2) is 10.4 Å².